The third-order valence-corrected chi connectivity index (χ3v) is 9.41. The minimum Gasteiger partial charge on any atom is -0.385 e. The zero-order valence-electron chi connectivity index (χ0n) is 27.2. The molecular formula is C33H56N4O6. The van der Waals surface area contributed by atoms with Crippen molar-refractivity contribution >= 4 is 18.1 Å². The summed E-state index contributed by atoms with van der Waals surface area (Å²) in [7, 11) is 6.27. The second-order valence-corrected chi connectivity index (χ2v) is 12.0. The molecule has 1 fully saturated rings. The summed E-state index contributed by atoms with van der Waals surface area (Å²) in [6.07, 6.45) is 6.20. The summed E-state index contributed by atoms with van der Waals surface area (Å²) in [4.78, 5) is 41.2. The molecule has 0 aliphatic carbocycles. The highest BCUT2D eigenvalue weighted by Gasteiger charge is 2.53. The van der Waals surface area contributed by atoms with Crippen molar-refractivity contribution in [1.29, 1.82) is 0 Å². The topological polar surface area (TPSA) is 132 Å². The van der Waals surface area contributed by atoms with Gasteiger partial charge in [0, 0.05) is 65.3 Å². The number of nitrogens with one attached hydrogen (secondary N) is 2. The standard InChI is InChI=1S/C33H56N4O6/c1-25(33(34,43-6)31(40)35-3)24-32(18-13-23-41-4,37-20-10-11-21-37)28(17-22-38)29(42-5)26(2)30(39)36-19-12-16-27-14-8-7-9-15-27/h7-9,14-15,22,25-26,28-29H,10-13,16-21,23-24,34H2,1-6H3,(H,35,40)(H,36,39)/t25?,26?,28?,29?,32?,33-/m1/s1. The molecule has 2 rings (SSSR count). The predicted molar refractivity (Wildman–Crippen MR) is 168 cm³/mol. The van der Waals surface area contributed by atoms with Crippen molar-refractivity contribution < 1.29 is 28.6 Å². The number of hydrogen-bond donors (Lipinski definition) is 3. The van der Waals surface area contributed by atoms with Crippen LogP contribution in [0.1, 0.15) is 64.4 Å². The van der Waals surface area contributed by atoms with Crippen molar-refractivity contribution in [3.8, 4) is 0 Å². The molecule has 10 nitrogen and oxygen atoms in total. The number of nitrogens with two attached hydrogens (primary N) is 1. The number of rotatable bonds is 21. The fraction of sp³-hybridized carbons (Fsp3) is 0.727. The normalized spacial score (nSPS) is 19.4. The molecule has 1 saturated heterocycles. The number of nitrogens with zero attached hydrogens (tertiary/aromatic N) is 1. The van der Waals surface area contributed by atoms with Gasteiger partial charge in [-0.15, -0.1) is 0 Å². The van der Waals surface area contributed by atoms with Gasteiger partial charge in [-0.2, -0.15) is 0 Å². The van der Waals surface area contributed by atoms with Crippen LogP contribution in [0.5, 0.6) is 0 Å². The molecule has 0 radical (unpaired) electrons. The number of likely N-dealkylation sites (N-methyl/N-ethyl adjacent to an activating group) is 1. The quantitative estimate of drug-likeness (QED) is 0.111. The number of methoxy groups -OCH3 is 3. The third kappa shape index (κ3) is 9.56. The Morgan fingerprint density at radius 1 is 1.09 bits per heavy atom. The lowest BCUT2D eigenvalue weighted by Gasteiger charge is -2.53. The highest BCUT2D eigenvalue weighted by molar-refractivity contribution is 5.84. The molecule has 6 atom stereocenters. The van der Waals surface area contributed by atoms with Gasteiger partial charge in [0.2, 0.25) is 5.91 Å². The molecule has 0 spiro atoms. The maximum Gasteiger partial charge on any atom is 0.267 e. The first-order valence-electron chi connectivity index (χ1n) is 15.7. The van der Waals surface area contributed by atoms with Gasteiger partial charge in [-0.05, 0) is 63.6 Å². The van der Waals surface area contributed by atoms with Crippen molar-refractivity contribution in [1.82, 2.24) is 15.5 Å². The van der Waals surface area contributed by atoms with Gasteiger partial charge in [0.25, 0.3) is 5.91 Å². The summed E-state index contributed by atoms with van der Waals surface area (Å²) in [5.74, 6) is -1.80. The molecule has 1 heterocycles. The fourth-order valence-corrected chi connectivity index (χ4v) is 6.98. The van der Waals surface area contributed by atoms with Crippen LogP contribution < -0.4 is 16.4 Å². The van der Waals surface area contributed by atoms with E-state index in [1.54, 1.807) is 14.2 Å². The smallest absolute Gasteiger partial charge is 0.267 e. The Labute approximate surface area is 258 Å². The Morgan fingerprint density at radius 3 is 2.33 bits per heavy atom. The van der Waals surface area contributed by atoms with Crippen LogP contribution in [0.2, 0.25) is 0 Å². The Bertz CT molecular complexity index is 975. The van der Waals surface area contributed by atoms with Gasteiger partial charge in [0.1, 0.15) is 6.29 Å². The van der Waals surface area contributed by atoms with Crippen LogP contribution in [-0.4, -0.2) is 95.0 Å². The summed E-state index contributed by atoms with van der Waals surface area (Å²) < 4.78 is 17.2. The molecule has 0 saturated carbocycles. The first kappa shape index (κ1) is 36.8. The molecule has 5 unspecified atom stereocenters. The highest BCUT2D eigenvalue weighted by atomic mass is 16.5. The number of aldehydes is 1. The lowest BCUT2D eigenvalue weighted by molar-refractivity contribution is -0.155. The van der Waals surface area contributed by atoms with E-state index in [0.29, 0.717) is 26.0 Å². The number of carbonyl (C=O) groups excluding carboxylic acids is 3. The maximum atomic E-state index is 13.5. The molecule has 1 aromatic carbocycles. The lowest BCUT2D eigenvalue weighted by Crippen LogP contribution is -2.64. The number of benzene rings is 1. The van der Waals surface area contributed by atoms with E-state index in [-0.39, 0.29) is 18.2 Å². The number of ether oxygens (including phenoxy) is 3. The van der Waals surface area contributed by atoms with E-state index in [4.69, 9.17) is 19.9 Å². The Kier molecular flexibility index (Phi) is 15.8. The first-order chi connectivity index (χ1) is 20.6. The summed E-state index contributed by atoms with van der Waals surface area (Å²) in [5, 5.41) is 5.75. The fourth-order valence-electron chi connectivity index (χ4n) is 6.98. The van der Waals surface area contributed by atoms with Gasteiger partial charge in [-0.25, -0.2) is 0 Å². The van der Waals surface area contributed by atoms with Crippen molar-refractivity contribution in [2.24, 2.45) is 23.5 Å². The minimum absolute atomic E-state index is 0.105. The summed E-state index contributed by atoms with van der Waals surface area (Å²) in [6.45, 7) is 6.57. The molecule has 43 heavy (non-hydrogen) atoms. The van der Waals surface area contributed by atoms with Crippen LogP contribution in [0, 0.1) is 17.8 Å². The molecule has 2 amide bonds. The largest absolute Gasteiger partial charge is 0.385 e. The van der Waals surface area contributed by atoms with E-state index in [1.165, 1.54) is 19.7 Å². The molecule has 4 N–H and O–H groups in total. The van der Waals surface area contributed by atoms with Gasteiger partial charge in [-0.3, -0.25) is 20.2 Å². The van der Waals surface area contributed by atoms with Gasteiger partial charge < -0.3 is 29.6 Å². The molecule has 1 aromatic rings. The zero-order valence-corrected chi connectivity index (χ0v) is 27.2. The Hall–Kier alpha value is -2.37. The van der Waals surface area contributed by atoms with Gasteiger partial charge in [0.15, 0.2) is 5.72 Å². The molecular weight excluding hydrogens is 548 g/mol. The van der Waals surface area contributed by atoms with Crippen LogP contribution in [0.15, 0.2) is 30.3 Å². The number of aryl methyl sites for hydroxylation is 1. The third-order valence-electron chi connectivity index (χ3n) is 9.41. The number of amides is 2. The Morgan fingerprint density at radius 2 is 1.77 bits per heavy atom. The minimum atomic E-state index is -1.57. The molecule has 10 heteroatoms. The second-order valence-electron chi connectivity index (χ2n) is 12.0. The van der Waals surface area contributed by atoms with Crippen LogP contribution in [-0.2, 0) is 35.0 Å². The van der Waals surface area contributed by atoms with Crippen molar-refractivity contribution in [2.75, 3.05) is 54.6 Å². The summed E-state index contributed by atoms with van der Waals surface area (Å²) in [6, 6.07) is 10.2. The molecule has 0 bridgehead atoms. The zero-order chi connectivity index (χ0) is 31.9. The maximum absolute atomic E-state index is 13.5. The number of carbonyl (C=O) groups is 3. The van der Waals surface area contributed by atoms with E-state index >= 15 is 0 Å². The number of likely N-dealkylation sites (tertiary alicyclic amines) is 1. The predicted octanol–water partition coefficient (Wildman–Crippen LogP) is 2.93. The Balaban J connectivity index is 2.43. The van der Waals surface area contributed by atoms with Crippen LogP contribution in [0.4, 0.5) is 0 Å². The van der Waals surface area contributed by atoms with E-state index in [9.17, 15) is 14.4 Å². The average Bonchev–Trinajstić information content (AvgIpc) is 3.58. The summed E-state index contributed by atoms with van der Waals surface area (Å²) >= 11 is 0. The van der Waals surface area contributed by atoms with E-state index < -0.39 is 35.1 Å². The van der Waals surface area contributed by atoms with Gasteiger partial charge in [-0.1, -0.05) is 44.2 Å². The van der Waals surface area contributed by atoms with Gasteiger partial charge in [0.05, 0.1) is 12.0 Å². The second kappa shape index (κ2) is 18.4. The molecule has 1 aliphatic rings. The van der Waals surface area contributed by atoms with Gasteiger partial charge >= 0.3 is 0 Å². The van der Waals surface area contributed by atoms with E-state index in [0.717, 1.165) is 51.5 Å². The summed E-state index contributed by atoms with van der Waals surface area (Å²) in [5.41, 5.74) is 5.67. The van der Waals surface area contributed by atoms with Crippen LogP contribution >= 0.6 is 0 Å². The highest BCUT2D eigenvalue weighted by Crippen LogP contribution is 2.45. The SMILES string of the molecule is CNC(=O)[C@](N)(OC)C(C)CC(CCCOC)(C(CC=O)C(OC)C(C)C(=O)NCCCc1ccccc1)N1CCCC1. The van der Waals surface area contributed by atoms with Crippen LogP contribution in [0.25, 0.3) is 0 Å². The molecule has 244 valence electrons. The van der Waals surface area contributed by atoms with Crippen molar-refractivity contribution in [3.05, 3.63) is 35.9 Å². The molecule has 0 aromatic heterocycles. The first-order valence-corrected chi connectivity index (χ1v) is 15.7. The van der Waals surface area contributed by atoms with Crippen molar-refractivity contribution in [3.63, 3.8) is 0 Å². The lowest BCUT2D eigenvalue weighted by atomic mass is 9.66. The monoisotopic (exact) mass is 604 g/mol. The van der Waals surface area contributed by atoms with Crippen LogP contribution in [0.3, 0.4) is 0 Å². The average molecular weight is 605 g/mol. The van der Waals surface area contributed by atoms with E-state index in [1.807, 2.05) is 32.0 Å². The van der Waals surface area contributed by atoms with E-state index in [2.05, 4.69) is 27.7 Å². The molecule has 1 aliphatic heterocycles. The van der Waals surface area contributed by atoms with Crippen molar-refractivity contribution in [2.45, 2.75) is 82.6 Å². The number of hydrogen-bond acceptors (Lipinski definition) is 8.